The Morgan fingerprint density at radius 2 is 1.13 bits per heavy atom. The van der Waals surface area contributed by atoms with Crippen molar-refractivity contribution in [3.63, 3.8) is 0 Å². The van der Waals surface area contributed by atoms with Crippen molar-refractivity contribution in [1.82, 2.24) is 0 Å². The van der Waals surface area contributed by atoms with Gasteiger partial charge < -0.3 is 18.9 Å². The summed E-state index contributed by atoms with van der Waals surface area (Å²) in [6.45, 7) is 5.96. The van der Waals surface area contributed by atoms with Gasteiger partial charge in [-0.25, -0.2) is 8.42 Å². The largest absolute Gasteiger partial charge is 0.353 e. The van der Waals surface area contributed by atoms with Crippen LogP contribution in [0.15, 0.2) is 45.3 Å². The molecule has 4 aliphatic carbocycles. The van der Waals surface area contributed by atoms with Crippen LogP contribution in [0.1, 0.15) is 155 Å². The third-order valence-electron chi connectivity index (χ3n) is 12.0. The van der Waals surface area contributed by atoms with Crippen molar-refractivity contribution in [3.8, 4) is 0 Å². The minimum absolute atomic E-state index is 0.0919. The van der Waals surface area contributed by atoms with E-state index in [9.17, 15) is 8.42 Å². The predicted octanol–water partition coefficient (Wildman–Crippen LogP) is 10.2. The highest BCUT2D eigenvalue weighted by Gasteiger charge is 2.43. The number of ether oxygens (including phenoxy) is 4. The Kier molecular flexibility index (Phi) is 12.2. The molecule has 6 nitrogen and oxygen atoms in total. The van der Waals surface area contributed by atoms with Crippen molar-refractivity contribution in [2.75, 3.05) is 13.2 Å². The summed E-state index contributed by atoms with van der Waals surface area (Å²) in [5, 5.41) is 0. The Labute approximate surface area is 285 Å². The fourth-order valence-electron chi connectivity index (χ4n) is 8.87. The molecule has 2 heterocycles. The molecule has 264 valence electrons. The zero-order valence-corrected chi connectivity index (χ0v) is 30.3. The average molecular weight is 671 g/mol. The molecule has 6 aliphatic rings. The Morgan fingerprint density at radius 1 is 0.681 bits per heavy atom. The molecule has 2 saturated carbocycles. The van der Waals surface area contributed by atoms with Gasteiger partial charge in [0.25, 0.3) is 0 Å². The summed E-state index contributed by atoms with van der Waals surface area (Å²) in [5.41, 5.74) is 2.52. The first-order valence-electron chi connectivity index (χ1n) is 19.5. The van der Waals surface area contributed by atoms with Crippen LogP contribution in [0.3, 0.4) is 0 Å². The van der Waals surface area contributed by atoms with Crippen LogP contribution >= 0.6 is 0 Å². The van der Waals surface area contributed by atoms with Crippen LogP contribution < -0.4 is 0 Å². The van der Waals surface area contributed by atoms with Gasteiger partial charge in [0.05, 0.1) is 22.0 Å². The van der Waals surface area contributed by atoms with E-state index in [1.54, 1.807) is 0 Å². The summed E-state index contributed by atoms with van der Waals surface area (Å²) < 4.78 is 54.5. The van der Waals surface area contributed by atoms with Crippen LogP contribution in [0.4, 0.5) is 0 Å². The highest BCUT2D eigenvalue weighted by molar-refractivity contribution is 7.99. The summed E-state index contributed by atoms with van der Waals surface area (Å²) in [6.07, 6.45) is 30.9. The fourth-order valence-corrected chi connectivity index (χ4v) is 10.7. The first kappa shape index (κ1) is 35.6. The van der Waals surface area contributed by atoms with Crippen molar-refractivity contribution in [3.05, 3.63) is 45.3 Å². The first-order chi connectivity index (χ1) is 22.8. The number of hydrogen-bond donors (Lipinski definition) is 0. The Balaban J connectivity index is 1.24. The van der Waals surface area contributed by atoms with Gasteiger partial charge in [0.2, 0.25) is 9.84 Å². The van der Waals surface area contributed by atoms with Crippen molar-refractivity contribution < 1.29 is 27.4 Å². The Morgan fingerprint density at radius 3 is 1.47 bits per heavy atom. The van der Waals surface area contributed by atoms with Crippen LogP contribution in [-0.4, -0.2) is 46.4 Å². The molecule has 2 aliphatic heterocycles. The lowest BCUT2D eigenvalue weighted by Crippen LogP contribution is -2.33. The molecule has 0 aromatic rings. The van der Waals surface area contributed by atoms with Gasteiger partial charge in [-0.15, -0.1) is 0 Å². The van der Waals surface area contributed by atoms with Gasteiger partial charge in [-0.3, -0.25) is 0 Å². The summed E-state index contributed by atoms with van der Waals surface area (Å²) in [5.74, 6) is 0. The Hall–Kier alpha value is -1.25. The standard InChI is InChI=1S/C40H62O6S/c1-3-11-33(45-37-13-5-7-27-43-37)17-15-31-29-39(21-9-22-39)25-19-35(31)47(41,42)36-20-26-40(23-10-24-40)30-32(36)16-18-34(12-4-2)46-38-14-6-8-28-44-38/h19-20,25-26,33-34,37-38H,3-18,21-24,27-30H2,1-2H3/t33-,34-,37?,38?/m0/s1. The minimum atomic E-state index is -3.67. The van der Waals surface area contributed by atoms with Gasteiger partial charge in [0.15, 0.2) is 12.6 Å². The van der Waals surface area contributed by atoms with Crippen LogP contribution in [-0.2, 0) is 28.8 Å². The monoisotopic (exact) mass is 670 g/mol. The number of hydrogen-bond acceptors (Lipinski definition) is 6. The molecule has 0 amide bonds. The molecule has 6 rings (SSSR count). The summed E-state index contributed by atoms with van der Waals surface area (Å²) in [4.78, 5) is 1.13. The molecular formula is C40H62O6S. The van der Waals surface area contributed by atoms with E-state index in [1.807, 2.05) is 12.2 Å². The third kappa shape index (κ3) is 8.74. The fraction of sp³-hybridized carbons (Fsp3) is 0.800. The lowest BCUT2D eigenvalue weighted by atomic mass is 9.63. The van der Waals surface area contributed by atoms with Crippen molar-refractivity contribution in [2.24, 2.45) is 10.8 Å². The molecule has 0 aromatic heterocycles. The molecule has 4 fully saturated rings. The topological polar surface area (TPSA) is 71.1 Å². The molecule has 2 saturated heterocycles. The van der Waals surface area contributed by atoms with Gasteiger partial charge in [-0.05, 0) is 139 Å². The second-order valence-electron chi connectivity index (χ2n) is 15.7. The van der Waals surface area contributed by atoms with Gasteiger partial charge in [-0.1, -0.05) is 62.8 Å². The van der Waals surface area contributed by atoms with E-state index >= 15 is 0 Å². The SMILES string of the molecule is CCC[C@@H](CCC1=C(S(=O)(=O)C2=C(CC[C@H](CCC)OC3CCCCO3)CC3(C=C2)CCC3)C=CC2(CCC2)C1)OC1CCCCO1. The van der Waals surface area contributed by atoms with Crippen molar-refractivity contribution in [2.45, 2.75) is 180 Å². The molecule has 2 unspecified atom stereocenters. The van der Waals surface area contributed by atoms with E-state index in [-0.39, 0.29) is 35.6 Å². The second-order valence-corrected chi connectivity index (χ2v) is 17.5. The minimum Gasteiger partial charge on any atom is -0.353 e. The molecule has 0 bridgehead atoms. The van der Waals surface area contributed by atoms with E-state index in [4.69, 9.17) is 18.9 Å². The Bertz CT molecular complexity index is 1180. The number of rotatable bonds is 16. The summed E-state index contributed by atoms with van der Waals surface area (Å²) in [6, 6.07) is 0. The van der Waals surface area contributed by atoms with Crippen molar-refractivity contribution >= 4 is 9.84 Å². The maximum absolute atomic E-state index is 14.9. The second kappa shape index (κ2) is 16.2. The summed E-state index contributed by atoms with van der Waals surface area (Å²) in [7, 11) is -3.67. The molecule has 7 heteroatoms. The lowest BCUT2D eigenvalue weighted by Gasteiger charge is -2.44. The summed E-state index contributed by atoms with van der Waals surface area (Å²) >= 11 is 0. The highest BCUT2D eigenvalue weighted by atomic mass is 32.2. The van der Waals surface area contributed by atoms with E-state index in [0.717, 1.165) is 153 Å². The van der Waals surface area contributed by atoms with Crippen LogP contribution in [0, 0.1) is 10.8 Å². The maximum Gasteiger partial charge on any atom is 0.206 e. The molecule has 0 N–H and O–H groups in total. The zero-order chi connectivity index (χ0) is 32.7. The maximum atomic E-state index is 14.9. The van der Waals surface area contributed by atoms with Gasteiger partial charge >= 0.3 is 0 Å². The van der Waals surface area contributed by atoms with Crippen LogP contribution in [0.5, 0.6) is 0 Å². The smallest absolute Gasteiger partial charge is 0.206 e. The molecule has 0 aromatic carbocycles. The van der Waals surface area contributed by atoms with Crippen LogP contribution in [0.25, 0.3) is 0 Å². The third-order valence-corrected chi connectivity index (χ3v) is 14.0. The molecule has 47 heavy (non-hydrogen) atoms. The predicted molar refractivity (Wildman–Crippen MR) is 188 cm³/mol. The molecular weight excluding hydrogens is 609 g/mol. The van der Waals surface area contributed by atoms with Gasteiger partial charge in [0.1, 0.15) is 0 Å². The van der Waals surface area contributed by atoms with E-state index in [1.165, 1.54) is 12.8 Å². The first-order valence-corrected chi connectivity index (χ1v) is 20.9. The highest BCUT2D eigenvalue weighted by Crippen LogP contribution is 2.54. The van der Waals surface area contributed by atoms with E-state index < -0.39 is 9.84 Å². The molecule has 0 radical (unpaired) electrons. The van der Waals surface area contributed by atoms with Gasteiger partial charge in [-0.2, -0.15) is 0 Å². The van der Waals surface area contributed by atoms with E-state index in [2.05, 4.69) is 26.0 Å². The zero-order valence-electron chi connectivity index (χ0n) is 29.4. The quantitative estimate of drug-likeness (QED) is 0.163. The number of sulfone groups is 1. The average Bonchev–Trinajstić information content (AvgIpc) is 3.05. The number of allylic oxidation sites excluding steroid dienone is 6. The van der Waals surface area contributed by atoms with Crippen LogP contribution in [0.2, 0.25) is 0 Å². The molecule has 2 spiro atoms. The normalized spacial score (nSPS) is 28.4. The lowest BCUT2D eigenvalue weighted by molar-refractivity contribution is -0.190. The van der Waals surface area contributed by atoms with Crippen molar-refractivity contribution in [1.29, 1.82) is 0 Å². The van der Waals surface area contributed by atoms with E-state index in [0.29, 0.717) is 9.81 Å². The molecule has 4 atom stereocenters. The van der Waals surface area contributed by atoms with Gasteiger partial charge in [0, 0.05) is 13.2 Å².